The average Bonchev–Trinajstić information content (AvgIpc) is 2.27. The molecule has 4 nitrogen and oxygen atoms in total. The number of hydrogen-bond acceptors (Lipinski definition) is 2. The summed E-state index contributed by atoms with van der Waals surface area (Å²) < 4.78 is 1.01. The van der Waals surface area contributed by atoms with Crippen LogP contribution >= 0.6 is 27.7 Å². The number of nitrogens with one attached hydrogen (secondary N) is 1. The molecule has 0 heterocycles. The minimum atomic E-state index is -0.492. The lowest BCUT2D eigenvalue weighted by Gasteiger charge is -2.06. The molecule has 16 heavy (non-hydrogen) atoms. The number of thioether (sulfide) groups is 1. The van der Waals surface area contributed by atoms with Gasteiger partial charge in [-0.1, -0.05) is 15.9 Å². The van der Waals surface area contributed by atoms with Gasteiger partial charge in [0.25, 0.3) is 0 Å². The first-order valence-corrected chi connectivity index (χ1v) is 6.53. The summed E-state index contributed by atoms with van der Waals surface area (Å²) in [7, 11) is 1.63. The Hall–Kier alpha value is -1.01. The van der Waals surface area contributed by atoms with Crippen LogP contribution in [0.1, 0.15) is 0 Å². The van der Waals surface area contributed by atoms with Crippen molar-refractivity contribution in [3.05, 3.63) is 28.7 Å². The zero-order valence-electron chi connectivity index (χ0n) is 9.03. The Labute approximate surface area is 107 Å². The number of benzene rings is 1. The molecule has 86 valence electrons. The van der Waals surface area contributed by atoms with Crippen LogP contribution in [0, 0.1) is 0 Å². The van der Waals surface area contributed by atoms with Gasteiger partial charge in [-0.3, -0.25) is 0 Å². The van der Waals surface area contributed by atoms with E-state index in [0.29, 0.717) is 5.17 Å². The monoisotopic (exact) mass is 302 g/mol. The van der Waals surface area contributed by atoms with Gasteiger partial charge in [0.1, 0.15) is 5.69 Å². The largest absolute Gasteiger partial charge is 0.406 e. The summed E-state index contributed by atoms with van der Waals surface area (Å²) in [5.74, 6) is 0. The first-order valence-electron chi connectivity index (χ1n) is 4.51. The molecule has 0 radical (unpaired) electrons. The number of urea groups is 1. The van der Waals surface area contributed by atoms with E-state index < -0.39 is 6.03 Å². The molecule has 6 heteroatoms. The van der Waals surface area contributed by atoms with Gasteiger partial charge in [0, 0.05) is 4.47 Å². The zero-order chi connectivity index (χ0) is 12.1. The molecule has 0 fully saturated rings. The van der Waals surface area contributed by atoms with Crippen molar-refractivity contribution in [3.63, 3.8) is 0 Å². The van der Waals surface area contributed by atoms with Crippen molar-refractivity contribution in [2.75, 3.05) is 13.3 Å². The Morgan fingerprint density at radius 2 is 2.00 bits per heavy atom. The highest BCUT2D eigenvalue weighted by atomic mass is 79.9. The van der Waals surface area contributed by atoms with Crippen LogP contribution < -0.4 is 10.7 Å². The topological polar surface area (TPSA) is 60.3 Å². The Morgan fingerprint density at radius 1 is 1.44 bits per heavy atom. The van der Waals surface area contributed by atoms with E-state index in [1.54, 1.807) is 7.05 Å². The number of rotatable bonds is 1. The van der Waals surface area contributed by atoms with Crippen molar-refractivity contribution >= 4 is 44.6 Å². The van der Waals surface area contributed by atoms with Gasteiger partial charge in [-0.15, -0.1) is 0 Å². The van der Waals surface area contributed by atoms with Gasteiger partial charge < -0.3 is 5.73 Å². The maximum absolute atomic E-state index is 11.0. The lowest BCUT2D eigenvalue weighted by Crippen LogP contribution is -2.70. The lowest BCUT2D eigenvalue weighted by molar-refractivity contribution is -0.355. The smallest absolute Gasteiger partial charge is 0.331 e. The number of amidine groups is 1. The van der Waals surface area contributed by atoms with Crippen molar-refractivity contribution in [3.8, 4) is 0 Å². The highest BCUT2D eigenvalue weighted by Gasteiger charge is 2.18. The zero-order valence-corrected chi connectivity index (χ0v) is 11.4. The molecule has 0 saturated heterocycles. The Kier molecular flexibility index (Phi) is 4.82. The summed E-state index contributed by atoms with van der Waals surface area (Å²) in [6, 6.07) is 7.17. The number of carbonyl (C=O) groups excluding carboxylic acids is 1. The van der Waals surface area contributed by atoms with Crippen molar-refractivity contribution in [2.45, 2.75) is 0 Å². The van der Waals surface area contributed by atoms with Gasteiger partial charge in [-0.05, 0) is 42.3 Å². The van der Waals surface area contributed by atoms with Crippen LogP contribution in [0.25, 0.3) is 0 Å². The fourth-order valence-corrected chi connectivity index (χ4v) is 1.88. The van der Waals surface area contributed by atoms with E-state index in [1.807, 2.05) is 30.5 Å². The molecule has 0 saturated carbocycles. The second-order valence-electron chi connectivity index (χ2n) is 3.04. The molecule has 0 aliphatic carbocycles. The summed E-state index contributed by atoms with van der Waals surface area (Å²) in [4.78, 5) is 15.5. The molecule has 0 bridgehead atoms. The Bertz CT molecular complexity index is 405. The van der Waals surface area contributed by atoms with Gasteiger partial charge >= 0.3 is 11.2 Å². The standard InChI is InChI=1S/C10H12BrN3OS/c1-14(9(12)15)10(16-2)13-8-5-3-7(11)4-6-8/h3-6H,1-2H3,(H2,12,15)/p+1. The number of nitrogens with zero attached hydrogens (tertiary/aromatic N) is 1. The third kappa shape index (κ3) is 3.53. The number of amides is 2. The third-order valence-electron chi connectivity index (χ3n) is 1.92. The van der Waals surface area contributed by atoms with Crippen LogP contribution in [-0.4, -0.2) is 29.4 Å². The minimum absolute atomic E-state index is 0.492. The van der Waals surface area contributed by atoms with Crippen LogP contribution in [0.3, 0.4) is 0 Å². The first-order chi connectivity index (χ1) is 7.54. The molecular weight excluding hydrogens is 290 g/mol. The normalized spacial score (nSPS) is 11.3. The number of nitrogens with two attached hydrogens (primary N) is 1. The lowest BCUT2D eigenvalue weighted by atomic mass is 10.3. The van der Waals surface area contributed by atoms with Gasteiger partial charge in [0.05, 0.1) is 7.05 Å². The summed E-state index contributed by atoms with van der Waals surface area (Å²) in [6.07, 6.45) is 1.88. The summed E-state index contributed by atoms with van der Waals surface area (Å²) in [5, 5.41) is 0.690. The fraction of sp³-hybridized carbons (Fsp3) is 0.200. The number of primary amides is 1. The first kappa shape index (κ1) is 13.1. The maximum atomic E-state index is 11.0. The van der Waals surface area contributed by atoms with E-state index >= 15 is 0 Å². The summed E-state index contributed by atoms with van der Waals surface area (Å²) in [5.41, 5.74) is 6.10. The number of carbonyl (C=O) groups is 1. The van der Waals surface area contributed by atoms with Gasteiger partial charge in [0.15, 0.2) is 0 Å². The molecule has 0 unspecified atom stereocenters. The fourth-order valence-electron chi connectivity index (χ4n) is 1.03. The van der Waals surface area contributed by atoms with Crippen molar-refractivity contribution in [2.24, 2.45) is 5.73 Å². The Balaban J connectivity index is 2.95. The molecule has 3 N–H and O–H groups in total. The number of halogens is 1. The highest BCUT2D eigenvalue weighted by Crippen LogP contribution is 2.10. The van der Waals surface area contributed by atoms with E-state index in [-0.39, 0.29) is 0 Å². The van der Waals surface area contributed by atoms with Crippen LogP contribution in [0.5, 0.6) is 0 Å². The summed E-state index contributed by atoms with van der Waals surface area (Å²) in [6.45, 7) is 0. The second kappa shape index (κ2) is 5.91. The second-order valence-corrected chi connectivity index (χ2v) is 4.75. The van der Waals surface area contributed by atoms with Gasteiger partial charge in [0.2, 0.25) is 0 Å². The SMILES string of the molecule is CSC(=[NH+]c1ccc(Br)cc1)N(C)C(N)=O. The molecule has 0 aliphatic heterocycles. The molecule has 1 aromatic carbocycles. The molecule has 0 aliphatic rings. The average molecular weight is 303 g/mol. The van der Waals surface area contributed by atoms with E-state index in [2.05, 4.69) is 20.9 Å². The van der Waals surface area contributed by atoms with Crippen molar-refractivity contribution in [1.29, 1.82) is 0 Å². The molecule has 2 amide bonds. The number of hydrogen-bond donors (Lipinski definition) is 2. The molecule has 0 atom stereocenters. The van der Waals surface area contributed by atoms with Crippen LogP contribution in [0.4, 0.5) is 10.5 Å². The van der Waals surface area contributed by atoms with Crippen LogP contribution in [0.2, 0.25) is 0 Å². The molecule has 1 aromatic rings. The van der Waals surface area contributed by atoms with Crippen molar-refractivity contribution in [1.82, 2.24) is 4.90 Å². The maximum Gasteiger partial charge on any atom is 0.406 e. The van der Waals surface area contributed by atoms with Crippen molar-refractivity contribution < 1.29 is 9.79 Å². The predicted octanol–water partition coefficient (Wildman–Crippen LogP) is 0.891. The molecule has 1 rings (SSSR count). The van der Waals surface area contributed by atoms with E-state index in [1.165, 1.54) is 16.7 Å². The molecule has 0 aromatic heterocycles. The van der Waals surface area contributed by atoms with E-state index in [0.717, 1.165) is 10.2 Å². The third-order valence-corrected chi connectivity index (χ3v) is 3.22. The van der Waals surface area contributed by atoms with E-state index in [4.69, 9.17) is 5.73 Å². The van der Waals surface area contributed by atoms with Crippen LogP contribution in [-0.2, 0) is 0 Å². The van der Waals surface area contributed by atoms with Gasteiger partial charge in [-0.2, -0.15) is 4.90 Å². The minimum Gasteiger partial charge on any atom is -0.331 e. The molecule has 0 spiro atoms. The van der Waals surface area contributed by atoms with Crippen LogP contribution in [0.15, 0.2) is 28.7 Å². The van der Waals surface area contributed by atoms with Gasteiger partial charge in [-0.25, -0.2) is 9.79 Å². The Morgan fingerprint density at radius 3 is 2.44 bits per heavy atom. The highest BCUT2D eigenvalue weighted by molar-refractivity contribution is 9.10. The van der Waals surface area contributed by atoms with E-state index in [9.17, 15) is 4.79 Å². The quantitative estimate of drug-likeness (QED) is 0.598. The molecular formula is C10H13BrN3OS+. The predicted molar refractivity (Wildman–Crippen MR) is 70.6 cm³/mol. The summed E-state index contributed by atoms with van der Waals surface area (Å²) >= 11 is 4.78.